The lowest BCUT2D eigenvalue weighted by atomic mass is 10.2. The molecule has 0 saturated carbocycles. The molecule has 1 atom stereocenters. The number of amides is 1. The smallest absolute Gasteiger partial charge is 0.251 e. The standard InChI is InChI=1S/C20H26N2O8S/c1-21-31(25,26)18-10-13(8-9-15(18)27-2)20(24)22-11-14(23)12-30-19-16(28-3)6-5-7-17(19)29-4/h5-10,14,21,23H,11-12H2,1-4H3,(H,22,24). The molecule has 0 aliphatic rings. The molecule has 170 valence electrons. The zero-order chi connectivity index (χ0) is 23.0. The van der Waals surface area contributed by atoms with E-state index >= 15 is 0 Å². The maximum absolute atomic E-state index is 12.4. The van der Waals surface area contributed by atoms with Crippen LogP contribution in [0.2, 0.25) is 0 Å². The second-order valence-electron chi connectivity index (χ2n) is 6.24. The first kappa shape index (κ1) is 24.3. The number of carbonyl (C=O) groups excluding carboxylic acids is 1. The van der Waals surface area contributed by atoms with Gasteiger partial charge in [-0.15, -0.1) is 0 Å². The van der Waals surface area contributed by atoms with Gasteiger partial charge in [-0.3, -0.25) is 4.79 Å². The van der Waals surface area contributed by atoms with Crippen molar-refractivity contribution in [1.29, 1.82) is 0 Å². The number of benzene rings is 2. The fraction of sp³-hybridized carbons (Fsp3) is 0.350. The molecular formula is C20H26N2O8S. The van der Waals surface area contributed by atoms with Crippen molar-refractivity contribution in [3.8, 4) is 23.0 Å². The maximum atomic E-state index is 12.4. The molecule has 0 aliphatic heterocycles. The first-order valence-electron chi connectivity index (χ1n) is 9.19. The third kappa shape index (κ3) is 6.00. The highest BCUT2D eigenvalue weighted by atomic mass is 32.2. The van der Waals surface area contributed by atoms with E-state index in [0.29, 0.717) is 17.2 Å². The van der Waals surface area contributed by atoms with Crippen LogP contribution in [0.15, 0.2) is 41.3 Å². The molecule has 0 aromatic heterocycles. The first-order valence-corrected chi connectivity index (χ1v) is 10.7. The van der Waals surface area contributed by atoms with E-state index in [1.807, 2.05) is 0 Å². The summed E-state index contributed by atoms with van der Waals surface area (Å²) in [5, 5.41) is 12.7. The van der Waals surface area contributed by atoms with Crippen LogP contribution in [0.3, 0.4) is 0 Å². The van der Waals surface area contributed by atoms with Gasteiger partial charge in [-0.05, 0) is 37.4 Å². The van der Waals surface area contributed by atoms with Crippen molar-refractivity contribution in [2.45, 2.75) is 11.0 Å². The number of aliphatic hydroxyl groups excluding tert-OH is 1. The second kappa shape index (κ2) is 10.8. The zero-order valence-corrected chi connectivity index (χ0v) is 18.5. The number of ether oxygens (including phenoxy) is 4. The van der Waals surface area contributed by atoms with E-state index < -0.39 is 22.0 Å². The SMILES string of the molecule is CNS(=O)(=O)c1cc(C(=O)NCC(O)COc2c(OC)cccc2OC)ccc1OC. The number of aliphatic hydroxyl groups is 1. The van der Waals surface area contributed by atoms with Gasteiger partial charge in [0, 0.05) is 12.1 Å². The van der Waals surface area contributed by atoms with Gasteiger partial charge >= 0.3 is 0 Å². The molecule has 31 heavy (non-hydrogen) atoms. The lowest BCUT2D eigenvalue weighted by Crippen LogP contribution is -2.35. The van der Waals surface area contributed by atoms with Gasteiger partial charge in [0.25, 0.3) is 5.91 Å². The third-order valence-electron chi connectivity index (χ3n) is 4.28. The monoisotopic (exact) mass is 454 g/mol. The van der Waals surface area contributed by atoms with Crippen LogP contribution < -0.4 is 29.0 Å². The average molecular weight is 455 g/mol. The molecule has 1 amide bonds. The largest absolute Gasteiger partial charge is 0.495 e. The van der Waals surface area contributed by atoms with Crippen LogP contribution in [0.25, 0.3) is 0 Å². The van der Waals surface area contributed by atoms with Crippen LogP contribution in [0.1, 0.15) is 10.4 Å². The van der Waals surface area contributed by atoms with Crippen LogP contribution in [0.5, 0.6) is 23.0 Å². The number of hydrogen-bond donors (Lipinski definition) is 3. The van der Waals surface area contributed by atoms with Crippen molar-refractivity contribution < 1.29 is 37.3 Å². The molecular weight excluding hydrogens is 428 g/mol. The average Bonchev–Trinajstić information content (AvgIpc) is 2.80. The highest BCUT2D eigenvalue weighted by Gasteiger charge is 2.21. The van der Waals surface area contributed by atoms with E-state index in [-0.39, 0.29) is 29.4 Å². The number of nitrogens with one attached hydrogen (secondary N) is 2. The van der Waals surface area contributed by atoms with Gasteiger partial charge in [0.1, 0.15) is 23.4 Å². The van der Waals surface area contributed by atoms with Crippen LogP contribution in [0.4, 0.5) is 0 Å². The molecule has 1 unspecified atom stereocenters. The van der Waals surface area contributed by atoms with Gasteiger partial charge in [-0.25, -0.2) is 13.1 Å². The van der Waals surface area contributed by atoms with Gasteiger partial charge in [0.15, 0.2) is 11.5 Å². The maximum Gasteiger partial charge on any atom is 0.251 e. The summed E-state index contributed by atoms with van der Waals surface area (Å²) < 4.78 is 47.6. The Bertz CT molecular complexity index is 988. The summed E-state index contributed by atoms with van der Waals surface area (Å²) in [7, 11) is 1.72. The molecule has 0 spiro atoms. The van der Waals surface area contributed by atoms with Crippen molar-refractivity contribution in [2.24, 2.45) is 0 Å². The molecule has 0 fully saturated rings. The van der Waals surface area contributed by atoms with Crippen LogP contribution in [0, 0.1) is 0 Å². The molecule has 3 N–H and O–H groups in total. The van der Waals surface area contributed by atoms with Crippen LogP contribution in [-0.4, -0.2) is 67.1 Å². The van der Waals surface area contributed by atoms with E-state index in [0.717, 1.165) is 0 Å². The Labute approximate surface area is 181 Å². The van der Waals surface area contributed by atoms with Gasteiger partial charge in [-0.1, -0.05) is 6.07 Å². The van der Waals surface area contributed by atoms with Gasteiger partial charge in [-0.2, -0.15) is 0 Å². The molecule has 2 aromatic rings. The first-order chi connectivity index (χ1) is 14.8. The minimum Gasteiger partial charge on any atom is -0.495 e. The molecule has 2 rings (SSSR count). The summed E-state index contributed by atoms with van der Waals surface area (Å²) >= 11 is 0. The van der Waals surface area contributed by atoms with Crippen molar-refractivity contribution in [2.75, 3.05) is 41.5 Å². The van der Waals surface area contributed by atoms with Crippen molar-refractivity contribution in [1.82, 2.24) is 10.0 Å². The topological polar surface area (TPSA) is 132 Å². The van der Waals surface area contributed by atoms with E-state index in [9.17, 15) is 18.3 Å². The quantitative estimate of drug-likeness (QED) is 0.454. The normalized spacial score (nSPS) is 12.0. The molecule has 10 nitrogen and oxygen atoms in total. The second-order valence-corrected chi connectivity index (χ2v) is 8.09. The lowest BCUT2D eigenvalue weighted by molar-refractivity contribution is 0.0833. The predicted molar refractivity (Wildman–Crippen MR) is 113 cm³/mol. The molecule has 0 aliphatic carbocycles. The number of hydrogen-bond acceptors (Lipinski definition) is 8. The van der Waals surface area contributed by atoms with Gasteiger partial charge in [0.05, 0.1) is 21.3 Å². The number of para-hydroxylation sites is 1. The summed E-state index contributed by atoms with van der Waals surface area (Å²) in [5.74, 6) is 0.739. The van der Waals surface area contributed by atoms with E-state index in [1.165, 1.54) is 46.6 Å². The van der Waals surface area contributed by atoms with Gasteiger partial charge < -0.3 is 29.4 Å². The summed E-state index contributed by atoms with van der Waals surface area (Å²) in [4.78, 5) is 12.3. The van der Waals surface area contributed by atoms with E-state index in [1.54, 1.807) is 18.2 Å². The summed E-state index contributed by atoms with van der Waals surface area (Å²) in [6.07, 6.45) is -1.04. The van der Waals surface area contributed by atoms with Crippen molar-refractivity contribution in [3.05, 3.63) is 42.0 Å². The number of sulfonamides is 1. The molecule has 0 bridgehead atoms. The number of carbonyl (C=O) groups is 1. The Kier molecular flexibility index (Phi) is 8.48. The Balaban J connectivity index is 2.03. The van der Waals surface area contributed by atoms with E-state index in [4.69, 9.17) is 18.9 Å². The Morgan fingerprint density at radius 3 is 2.19 bits per heavy atom. The fourth-order valence-corrected chi connectivity index (χ4v) is 3.57. The highest BCUT2D eigenvalue weighted by Crippen LogP contribution is 2.36. The Morgan fingerprint density at radius 1 is 1.03 bits per heavy atom. The predicted octanol–water partition coefficient (Wildman–Crippen LogP) is 0.790. The third-order valence-corrected chi connectivity index (χ3v) is 5.72. The molecule has 0 heterocycles. The fourth-order valence-electron chi connectivity index (χ4n) is 2.65. The van der Waals surface area contributed by atoms with Crippen molar-refractivity contribution in [3.63, 3.8) is 0 Å². The molecule has 2 aromatic carbocycles. The number of rotatable bonds is 11. The van der Waals surface area contributed by atoms with E-state index in [2.05, 4.69) is 10.0 Å². The molecule has 0 radical (unpaired) electrons. The summed E-state index contributed by atoms with van der Waals surface area (Å²) in [6, 6.07) is 9.11. The number of methoxy groups -OCH3 is 3. The van der Waals surface area contributed by atoms with Gasteiger partial charge in [0.2, 0.25) is 15.8 Å². The Morgan fingerprint density at radius 2 is 1.65 bits per heavy atom. The van der Waals surface area contributed by atoms with Crippen molar-refractivity contribution >= 4 is 15.9 Å². The lowest BCUT2D eigenvalue weighted by Gasteiger charge is -2.17. The Hall–Kier alpha value is -3.02. The zero-order valence-electron chi connectivity index (χ0n) is 17.7. The minimum absolute atomic E-state index is 0.0918. The molecule has 0 saturated heterocycles. The van der Waals surface area contributed by atoms with Crippen LogP contribution in [-0.2, 0) is 10.0 Å². The van der Waals surface area contributed by atoms with Crippen LogP contribution >= 0.6 is 0 Å². The molecule has 11 heteroatoms. The highest BCUT2D eigenvalue weighted by molar-refractivity contribution is 7.89. The summed E-state index contributed by atoms with van der Waals surface area (Å²) in [5.41, 5.74) is 0.0918. The summed E-state index contributed by atoms with van der Waals surface area (Å²) in [6.45, 7) is -0.268. The minimum atomic E-state index is -3.83.